The fraction of sp³-hybridized carbons (Fsp3) is 0.200. The van der Waals surface area contributed by atoms with E-state index in [1.165, 1.54) is 6.07 Å². The summed E-state index contributed by atoms with van der Waals surface area (Å²) >= 11 is 1.07. The Morgan fingerprint density at radius 1 is 1.22 bits per heavy atom. The third-order valence-electron chi connectivity index (χ3n) is 2.16. The molecule has 18 heavy (non-hydrogen) atoms. The van der Waals surface area contributed by atoms with Crippen LogP contribution in [0.5, 0.6) is 0 Å². The summed E-state index contributed by atoms with van der Waals surface area (Å²) in [6.45, 7) is 0.158. The number of rotatable bonds is 2. The summed E-state index contributed by atoms with van der Waals surface area (Å²) in [4.78, 5) is 0. The van der Waals surface area contributed by atoms with Crippen LogP contribution in [0, 0.1) is 5.82 Å². The molecule has 0 atom stereocenters. The molecule has 2 aromatic rings. The van der Waals surface area contributed by atoms with Gasteiger partial charge in [0, 0.05) is 12.1 Å². The highest BCUT2D eigenvalue weighted by atomic mass is 32.1. The first-order chi connectivity index (χ1) is 8.41. The van der Waals surface area contributed by atoms with E-state index in [-0.39, 0.29) is 17.1 Å². The summed E-state index contributed by atoms with van der Waals surface area (Å²) in [7, 11) is 0. The largest absolute Gasteiger partial charge is 0.419 e. The fourth-order valence-electron chi connectivity index (χ4n) is 1.33. The van der Waals surface area contributed by atoms with Gasteiger partial charge < -0.3 is 5.73 Å². The van der Waals surface area contributed by atoms with Crippen molar-refractivity contribution in [3.63, 3.8) is 0 Å². The van der Waals surface area contributed by atoms with Crippen LogP contribution in [-0.2, 0) is 12.7 Å². The molecular weight excluding hydrogens is 270 g/mol. The average Bonchev–Trinajstić information content (AvgIpc) is 2.76. The second kappa shape index (κ2) is 4.62. The maximum atomic E-state index is 13.1. The third kappa shape index (κ3) is 2.49. The van der Waals surface area contributed by atoms with Gasteiger partial charge in [-0.15, -0.1) is 10.2 Å². The van der Waals surface area contributed by atoms with Crippen molar-refractivity contribution in [3.8, 4) is 10.6 Å². The van der Waals surface area contributed by atoms with Crippen molar-refractivity contribution < 1.29 is 17.6 Å². The first-order valence-electron chi connectivity index (χ1n) is 4.81. The van der Waals surface area contributed by atoms with Gasteiger partial charge in [-0.3, -0.25) is 0 Å². The van der Waals surface area contributed by atoms with Crippen molar-refractivity contribution in [1.29, 1.82) is 0 Å². The zero-order valence-electron chi connectivity index (χ0n) is 8.83. The molecule has 0 aliphatic heterocycles. The highest BCUT2D eigenvalue weighted by Gasteiger charge is 2.34. The van der Waals surface area contributed by atoms with E-state index in [1.807, 2.05) is 0 Å². The quantitative estimate of drug-likeness (QED) is 0.859. The molecule has 96 valence electrons. The van der Waals surface area contributed by atoms with Gasteiger partial charge in [0.15, 0.2) is 0 Å². The molecule has 0 unspecified atom stereocenters. The first-order valence-corrected chi connectivity index (χ1v) is 5.63. The molecule has 0 saturated heterocycles. The number of hydrogen-bond acceptors (Lipinski definition) is 4. The third-order valence-corrected chi connectivity index (χ3v) is 3.15. The van der Waals surface area contributed by atoms with Gasteiger partial charge in [-0.05, 0) is 18.2 Å². The van der Waals surface area contributed by atoms with E-state index >= 15 is 0 Å². The van der Waals surface area contributed by atoms with Crippen LogP contribution < -0.4 is 5.73 Å². The van der Waals surface area contributed by atoms with Crippen molar-refractivity contribution in [1.82, 2.24) is 10.2 Å². The van der Waals surface area contributed by atoms with Crippen LogP contribution in [0.25, 0.3) is 10.6 Å². The zero-order chi connectivity index (χ0) is 13.3. The Morgan fingerprint density at radius 3 is 2.50 bits per heavy atom. The van der Waals surface area contributed by atoms with E-state index in [0.717, 1.165) is 23.5 Å². The minimum atomic E-state index is -4.73. The molecule has 3 nitrogen and oxygen atoms in total. The Bertz CT molecular complexity index is 564. The lowest BCUT2D eigenvalue weighted by atomic mass is 10.1. The molecular formula is C10H7F4N3S. The number of halogens is 4. The SMILES string of the molecule is NCc1nnc(-c2ccc(F)c(C(F)(F)F)c2)s1. The molecule has 0 aliphatic carbocycles. The summed E-state index contributed by atoms with van der Waals surface area (Å²) < 4.78 is 50.6. The Kier molecular flexibility index (Phi) is 3.31. The number of benzene rings is 1. The predicted molar refractivity (Wildman–Crippen MR) is 58.2 cm³/mol. The predicted octanol–water partition coefficient (Wildman–Crippen LogP) is 2.82. The lowest BCUT2D eigenvalue weighted by Crippen LogP contribution is -2.08. The van der Waals surface area contributed by atoms with Crippen LogP contribution in [0.15, 0.2) is 18.2 Å². The molecule has 0 amide bonds. The Morgan fingerprint density at radius 2 is 1.94 bits per heavy atom. The van der Waals surface area contributed by atoms with Crippen molar-refractivity contribution >= 4 is 11.3 Å². The van der Waals surface area contributed by atoms with Gasteiger partial charge in [0.05, 0.1) is 5.56 Å². The number of aromatic nitrogens is 2. The zero-order valence-corrected chi connectivity index (χ0v) is 9.65. The Balaban J connectivity index is 2.47. The van der Waals surface area contributed by atoms with Crippen molar-refractivity contribution in [2.45, 2.75) is 12.7 Å². The van der Waals surface area contributed by atoms with E-state index in [2.05, 4.69) is 10.2 Å². The van der Waals surface area contributed by atoms with Gasteiger partial charge in [-0.2, -0.15) is 13.2 Å². The van der Waals surface area contributed by atoms with Gasteiger partial charge in [0.25, 0.3) is 0 Å². The van der Waals surface area contributed by atoms with E-state index < -0.39 is 17.6 Å². The van der Waals surface area contributed by atoms with Crippen molar-refractivity contribution in [2.75, 3.05) is 0 Å². The Hall–Kier alpha value is -1.54. The summed E-state index contributed by atoms with van der Waals surface area (Å²) in [6.07, 6.45) is -4.73. The fourth-order valence-corrected chi connectivity index (χ4v) is 2.04. The maximum Gasteiger partial charge on any atom is 0.419 e. The van der Waals surface area contributed by atoms with Gasteiger partial charge in [-0.25, -0.2) is 4.39 Å². The lowest BCUT2D eigenvalue weighted by Gasteiger charge is -2.08. The number of hydrogen-bond donors (Lipinski definition) is 1. The van der Waals surface area contributed by atoms with Crippen LogP contribution in [0.3, 0.4) is 0 Å². The molecule has 8 heteroatoms. The molecule has 0 spiro atoms. The van der Waals surface area contributed by atoms with Crippen LogP contribution >= 0.6 is 11.3 Å². The van der Waals surface area contributed by atoms with E-state index in [1.54, 1.807) is 0 Å². The van der Waals surface area contributed by atoms with Crippen molar-refractivity contribution in [2.24, 2.45) is 5.73 Å². The van der Waals surface area contributed by atoms with Crippen LogP contribution in [0.2, 0.25) is 0 Å². The minimum absolute atomic E-state index is 0.158. The first kappa shape index (κ1) is 12.9. The van der Waals surface area contributed by atoms with Crippen LogP contribution in [-0.4, -0.2) is 10.2 Å². The van der Waals surface area contributed by atoms with E-state index in [0.29, 0.717) is 5.01 Å². The molecule has 2 rings (SSSR count). The molecule has 0 saturated carbocycles. The lowest BCUT2D eigenvalue weighted by molar-refractivity contribution is -0.139. The van der Waals surface area contributed by atoms with Gasteiger partial charge in [0.2, 0.25) is 0 Å². The van der Waals surface area contributed by atoms with E-state index in [9.17, 15) is 17.6 Å². The summed E-state index contributed by atoms with van der Waals surface area (Å²) in [5.74, 6) is -1.31. The summed E-state index contributed by atoms with van der Waals surface area (Å²) in [5, 5.41) is 8.18. The van der Waals surface area contributed by atoms with Gasteiger partial charge >= 0.3 is 6.18 Å². The molecule has 1 aromatic carbocycles. The smallest absolute Gasteiger partial charge is 0.324 e. The standard InChI is InChI=1S/C10H7F4N3S/c11-7-2-1-5(3-6(7)10(12,13)14)9-17-16-8(4-15)18-9/h1-3H,4,15H2. The number of alkyl halides is 3. The van der Waals surface area contributed by atoms with Crippen molar-refractivity contribution in [3.05, 3.63) is 34.6 Å². The van der Waals surface area contributed by atoms with Crippen LogP contribution in [0.1, 0.15) is 10.6 Å². The molecule has 2 N–H and O–H groups in total. The molecule has 1 aromatic heterocycles. The monoisotopic (exact) mass is 277 g/mol. The molecule has 0 aliphatic rings. The minimum Gasteiger partial charge on any atom is -0.324 e. The maximum absolute atomic E-state index is 13.1. The average molecular weight is 277 g/mol. The number of nitrogens with zero attached hydrogens (tertiary/aromatic N) is 2. The highest BCUT2D eigenvalue weighted by Crippen LogP contribution is 2.34. The topological polar surface area (TPSA) is 51.8 Å². The molecule has 0 fully saturated rings. The second-order valence-corrected chi connectivity index (χ2v) is 4.46. The molecule has 0 radical (unpaired) electrons. The van der Waals surface area contributed by atoms with Gasteiger partial charge in [0.1, 0.15) is 15.8 Å². The second-order valence-electron chi connectivity index (χ2n) is 3.40. The molecule has 1 heterocycles. The van der Waals surface area contributed by atoms with Crippen LogP contribution in [0.4, 0.5) is 17.6 Å². The van der Waals surface area contributed by atoms with E-state index in [4.69, 9.17) is 5.73 Å². The summed E-state index contributed by atoms with van der Waals surface area (Å²) in [6, 6.07) is 2.71. The van der Waals surface area contributed by atoms with Gasteiger partial charge in [-0.1, -0.05) is 11.3 Å². The normalized spacial score (nSPS) is 11.8. The number of nitrogens with two attached hydrogens (primary N) is 1. The Labute approximate surface area is 103 Å². The molecule has 0 bridgehead atoms. The summed E-state index contributed by atoms with van der Waals surface area (Å²) in [5.41, 5.74) is 4.18. The highest BCUT2D eigenvalue weighted by molar-refractivity contribution is 7.14.